The lowest BCUT2D eigenvalue weighted by atomic mass is 9.89. The zero-order chi connectivity index (χ0) is 15.6. The Morgan fingerprint density at radius 2 is 1.68 bits per heavy atom. The molecule has 0 aliphatic carbocycles. The summed E-state index contributed by atoms with van der Waals surface area (Å²) >= 11 is 0. The van der Waals surface area contributed by atoms with Crippen LogP contribution in [0.4, 0.5) is 0 Å². The van der Waals surface area contributed by atoms with Crippen molar-refractivity contribution in [2.45, 2.75) is 19.4 Å². The fourth-order valence-corrected chi connectivity index (χ4v) is 3.47. The number of ether oxygens (including phenoxy) is 1. The molecule has 0 unspecified atom stereocenters. The number of rotatable bonds is 0. The Bertz CT molecular complexity index is 922. The third-order valence-electron chi connectivity index (χ3n) is 4.37. The number of fused-ring (bicyclic) bond motifs is 5. The summed E-state index contributed by atoms with van der Waals surface area (Å²) in [5.74, 6) is 1.11. The molecule has 3 aromatic rings. The molecule has 4 heteroatoms. The van der Waals surface area contributed by atoms with Crippen molar-refractivity contribution >= 4 is 10.9 Å². The molecule has 0 saturated carbocycles. The molecule has 0 saturated heterocycles. The van der Waals surface area contributed by atoms with Crippen molar-refractivity contribution in [2.24, 2.45) is 7.05 Å². The summed E-state index contributed by atoms with van der Waals surface area (Å²) in [6.45, 7) is 4.00. The molecule has 0 amide bonds. The van der Waals surface area contributed by atoms with Crippen molar-refractivity contribution in [3.8, 4) is 28.5 Å². The number of nitrogens with zero attached hydrogens (tertiary/aromatic N) is 1. The standard InChI is InChI=1S/C18H17NO3/c1-18(2)16-13-8-10(20)5-7-14(13)19(3)17(16)12-6-4-11(21)9-15(12)22-18/h4-9,20-21H,1-3H3. The largest absolute Gasteiger partial charge is 0.508 e. The van der Waals surface area contributed by atoms with E-state index in [2.05, 4.69) is 4.57 Å². The van der Waals surface area contributed by atoms with Gasteiger partial charge >= 0.3 is 0 Å². The number of aryl methyl sites for hydroxylation is 1. The molecule has 1 aromatic heterocycles. The first-order chi connectivity index (χ1) is 10.4. The maximum atomic E-state index is 9.86. The fourth-order valence-electron chi connectivity index (χ4n) is 3.47. The first-order valence-corrected chi connectivity index (χ1v) is 7.23. The summed E-state index contributed by atoms with van der Waals surface area (Å²) in [4.78, 5) is 0. The molecule has 2 N–H and O–H groups in total. The van der Waals surface area contributed by atoms with Crippen LogP contribution in [0.1, 0.15) is 19.4 Å². The normalized spacial score (nSPS) is 15.2. The van der Waals surface area contributed by atoms with E-state index < -0.39 is 5.60 Å². The van der Waals surface area contributed by atoms with Crippen molar-refractivity contribution in [1.29, 1.82) is 0 Å². The van der Waals surface area contributed by atoms with Crippen molar-refractivity contribution in [3.05, 3.63) is 42.0 Å². The van der Waals surface area contributed by atoms with E-state index in [1.54, 1.807) is 24.3 Å². The number of hydrogen-bond donors (Lipinski definition) is 2. The van der Waals surface area contributed by atoms with Gasteiger partial charge in [-0.1, -0.05) is 0 Å². The van der Waals surface area contributed by atoms with Gasteiger partial charge in [0.15, 0.2) is 0 Å². The summed E-state index contributed by atoms with van der Waals surface area (Å²) in [6, 6.07) is 10.6. The third-order valence-corrected chi connectivity index (χ3v) is 4.37. The smallest absolute Gasteiger partial charge is 0.133 e. The molecule has 2 heterocycles. The van der Waals surface area contributed by atoms with E-state index >= 15 is 0 Å². The van der Waals surface area contributed by atoms with Crippen molar-refractivity contribution in [1.82, 2.24) is 4.57 Å². The van der Waals surface area contributed by atoms with E-state index in [4.69, 9.17) is 4.74 Å². The molecular weight excluding hydrogens is 278 g/mol. The Balaban J connectivity index is 2.18. The minimum absolute atomic E-state index is 0.189. The predicted octanol–water partition coefficient (Wildman–Crippen LogP) is 3.88. The van der Waals surface area contributed by atoms with Crippen LogP contribution in [0, 0.1) is 0 Å². The van der Waals surface area contributed by atoms with Gasteiger partial charge in [-0.15, -0.1) is 0 Å². The second-order valence-electron chi connectivity index (χ2n) is 6.28. The van der Waals surface area contributed by atoms with Gasteiger partial charge in [-0.05, 0) is 44.2 Å². The first-order valence-electron chi connectivity index (χ1n) is 7.23. The molecule has 1 aliphatic heterocycles. The van der Waals surface area contributed by atoms with Gasteiger partial charge in [0, 0.05) is 35.1 Å². The van der Waals surface area contributed by atoms with Crippen molar-refractivity contribution in [3.63, 3.8) is 0 Å². The van der Waals surface area contributed by atoms with Crippen LogP contribution in [0.25, 0.3) is 22.2 Å². The Morgan fingerprint density at radius 1 is 1.00 bits per heavy atom. The number of phenolic OH excluding ortho intramolecular Hbond substituents is 2. The summed E-state index contributed by atoms with van der Waals surface area (Å²) in [7, 11) is 2.01. The topological polar surface area (TPSA) is 54.6 Å². The van der Waals surface area contributed by atoms with Crippen molar-refractivity contribution in [2.75, 3.05) is 0 Å². The van der Waals surface area contributed by atoms with Gasteiger partial charge in [0.05, 0.1) is 5.69 Å². The van der Waals surface area contributed by atoms with E-state index in [-0.39, 0.29) is 11.5 Å². The monoisotopic (exact) mass is 295 g/mol. The van der Waals surface area contributed by atoms with Crippen LogP contribution >= 0.6 is 0 Å². The number of aromatic hydroxyl groups is 2. The van der Waals surface area contributed by atoms with E-state index in [0.29, 0.717) is 5.75 Å². The molecule has 4 rings (SSSR count). The Hall–Kier alpha value is -2.62. The van der Waals surface area contributed by atoms with Crippen LogP contribution < -0.4 is 4.74 Å². The molecule has 22 heavy (non-hydrogen) atoms. The van der Waals surface area contributed by atoms with E-state index in [1.165, 1.54) is 0 Å². The average Bonchev–Trinajstić information content (AvgIpc) is 2.72. The number of hydrogen-bond acceptors (Lipinski definition) is 3. The molecule has 0 radical (unpaired) electrons. The van der Waals surface area contributed by atoms with Gasteiger partial charge in [0.2, 0.25) is 0 Å². The lowest BCUT2D eigenvalue weighted by molar-refractivity contribution is 0.106. The molecule has 2 aromatic carbocycles. The van der Waals surface area contributed by atoms with Crippen LogP contribution in [0.2, 0.25) is 0 Å². The number of phenols is 2. The SMILES string of the molecule is Cn1c2c(c3cc(O)ccc31)C(C)(C)Oc1cc(O)ccc1-2. The molecule has 0 bridgehead atoms. The quantitative estimate of drug-likeness (QED) is 0.661. The van der Waals surface area contributed by atoms with E-state index in [0.717, 1.165) is 27.7 Å². The van der Waals surface area contributed by atoms with E-state index in [9.17, 15) is 10.2 Å². The Morgan fingerprint density at radius 3 is 2.45 bits per heavy atom. The van der Waals surface area contributed by atoms with Gasteiger partial charge in [0.1, 0.15) is 22.8 Å². The van der Waals surface area contributed by atoms with Gasteiger partial charge in [-0.25, -0.2) is 0 Å². The first kappa shape index (κ1) is 13.1. The second kappa shape index (κ2) is 3.97. The minimum atomic E-state index is -0.552. The number of benzene rings is 2. The fraction of sp³-hybridized carbons (Fsp3) is 0.222. The van der Waals surface area contributed by atoms with Gasteiger partial charge in [0.25, 0.3) is 0 Å². The highest BCUT2D eigenvalue weighted by atomic mass is 16.5. The summed E-state index contributed by atoms with van der Waals surface area (Å²) < 4.78 is 8.25. The highest BCUT2D eigenvalue weighted by Gasteiger charge is 2.37. The minimum Gasteiger partial charge on any atom is -0.508 e. The van der Waals surface area contributed by atoms with Crippen LogP contribution in [0.3, 0.4) is 0 Å². The number of aromatic nitrogens is 1. The maximum absolute atomic E-state index is 9.86. The summed E-state index contributed by atoms with van der Waals surface area (Å²) in [6.07, 6.45) is 0. The highest BCUT2D eigenvalue weighted by molar-refractivity contribution is 5.95. The third kappa shape index (κ3) is 1.58. The zero-order valence-corrected chi connectivity index (χ0v) is 12.7. The molecule has 112 valence electrons. The average molecular weight is 295 g/mol. The summed E-state index contributed by atoms with van der Waals surface area (Å²) in [5, 5.41) is 20.6. The molecular formula is C18H17NO3. The van der Waals surface area contributed by atoms with E-state index in [1.807, 2.05) is 33.0 Å². The van der Waals surface area contributed by atoms with Crippen molar-refractivity contribution < 1.29 is 14.9 Å². The Kier molecular flexibility index (Phi) is 2.36. The van der Waals surface area contributed by atoms with Gasteiger partial charge in [-0.3, -0.25) is 0 Å². The van der Waals surface area contributed by atoms with Gasteiger partial charge in [-0.2, -0.15) is 0 Å². The molecule has 1 aliphatic rings. The lowest BCUT2D eigenvalue weighted by Gasteiger charge is -2.33. The molecule has 0 fully saturated rings. The Labute approximate surface area is 128 Å². The molecule has 0 spiro atoms. The second-order valence-corrected chi connectivity index (χ2v) is 6.28. The lowest BCUT2D eigenvalue weighted by Crippen LogP contribution is -2.29. The molecule has 0 atom stereocenters. The van der Waals surface area contributed by atoms with Crippen LogP contribution in [-0.4, -0.2) is 14.8 Å². The van der Waals surface area contributed by atoms with Crippen LogP contribution in [0.15, 0.2) is 36.4 Å². The van der Waals surface area contributed by atoms with Gasteiger partial charge < -0.3 is 19.5 Å². The maximum Gasteiger partial charge on any atom is 0.133 e. The highest BCUT2D eigenvalue weighted by Crippen LogP contribution is 2.50. The van der Waals surface area contributed by atoms with Crippen LogP contribution in [0.5, 0.6) is 17.2 Å². The molecule has 4 nitrogen and oxygen atoms in total. The summed E-state index contributed by atoms with van der Waals surface area (Å²) in [5.41, 5.74) is 3.56. The van der Waals surface area contributed by atoms with Crippen LogP contribution in [-0.2, 0) is 12.6 Å². The zero-order valence-electron chi connectivity index (χ0n) is 12.7. The predicted molar refractivity (Wildman–Crippen MR) is 85.3 cm³/mol.